The number of Topliss-reactive ketones (excluding diaryl/α,β-unsaturated/α-hetero) is 1. The molecule has 2 rings (SSSR count). The normalized spacial score (nSPS) is 13.5. The van der Waals surface area contributed by atoms with Gasteiger partial charge in [-0.3, -0.25) is 15.4 Å². The van der Waals surface area contributed by atoms with Crippen LogP contribution in [0.15, 0.2) is 60.7 Å². The maximum absolute atomic E-state index is 12.6. The van der Waals surface area contributed by atoms with Crippen LogP contribution in [0.4, 0.5) is 0 Å². The molecule has 0 saturated heterocycles. The molecule has 1 amide bonds. The van der Waals surface area contributed by atoms with Gasteiger partial charge in [0.05, 0.1) is 11.8 Å². The lowest BCUT2D eigenvalue weighted by Crippen LogP contribution is -2.51. The van der Waals surface area contributed by atoms with Crippen molar-refractivity contribution in [3.63, 3.8) is 0 Å². The minimum Gasteiger partial charge on any atom is -0.355 e. The fourth-order valence-electron chi connectivity index (χ4n) is 3.11. The quantitative estimate of drug-likeness (QED) is 0.250. The van der Waals surface area contributed by atoms with E-state index in [9.17, 15) is 18.0 Å². The highest BCUT2D eigenvalue weighted by Crippen LogP contribution is 2.12. The van der Waals surface area contributed by atoms with Crippen molar-refractivity contribution >= 4 is 21.7 Å². The smallest absolute Gasteiger partial charge is 0.237 e. The summed E-state index contributed by atoms with van der Waals surface area (Å²) in [4.78, 5) is 24.2. The zero-order chi connectivity index (χ0) is 22.9. The van der Waals surface area contributed by atoms with Crippen LogP contribution in [0.3, 0.4) is 0 Å². The van der Waals surface area contributed by atoms with Gasteiger partial charge in [-0.25, -0.2) is 8.42 Å². The SMILES string of the molecule is CC(=O)C(Cc1ccccc1)N(N)S(=O)(=O)CCCNC(=O)C(N)Cc1ccccc1. The van der Waals surface area contributed by atoms with E-state index in [0.29, 0.717) is 10.8 Å². The Morgan fingerprint density at radius 3 is 2.00 bits per heavy atom. The van der Waals surface area contributed by atoms with Gasteiger partial charge in [-0.2, -0.15) is 0 Å². The minimum absolute atomic E-state index is 0.137. The van der Waals surface area contributed by atoms with Gasteiger partial charge in [-0.05, 0) is 37.3 Å². The van der Waals surface area contributed by atoms with Crippen molar-refractivity contribution in [3.8, 4) is 0 Å². The van der Waals surface area contributed by atoms with E-state index in [0.717, 1.165) is 11.1 Å². The summed E-state index contributed by atoms with van der Waals surface area (Å²) in [6.45, 7) is 1.45. The van der Waals surface area contributed by atoms with Gasteiger partial charge in [0, 0.05) is 6.54 Å². The van der Waals surface area contributed by atoms with Crippen LogP contribution >= 0.6 is 0 Å². The Balaban J connectivity index is 1.84. The summed E-state index contributed by atoms with van der Waals surface area (Å²) in [6.07, 6.45) is 0.730. The zero-order valence-electron chi connectivity index (χ0n) is 17.6. The minimum atomic E-state index is -3.88. The van der Waals surface area contributed by atoms with Crippen molar-refractivity contribution < 1.29 is 18.0 Å². The first-order valence-electron chi connectivity index (χ1n) is 10.1. The van der Waals surface area contributed by atoms with Gasteiger partial charge in [0.2, 0.25) is 15.9 Å². The molecule has 0 aromatic heterocycles. The molecule has 2 aromatic carbocycles. The van der Waals surface area contributed by atoms with Gasteiger partial charge in [-0.15, -0.1) is 4.41 Å². The second-order valence-corrected chi connectivity index (χ2v) is 9.40. The van der Waals surface area contributed by atoms with Crippen LogP contribution in [0.25, 0.3) is 0 Å². The Morgan fingerprint density at radius 1 is 0.968 bits per heavy atom. The highest BCUT2D eigenvalue weighted by atomic mass is 32.2. The maximum Gasteiger partial charge on any atom is 0.237 e. The zero-order valence-corrected chi connectivity index (χ0v) is 18.4. The number of carbonyl (C=O) groups is 2. The molecule has 0 heterocycles. The Bertz CT molecular complexity index is 952. The fourth-order valence-corrected chi connectivity index (χ4v) is 4.44. The summed E-state index contributed by atoms with van der Waals surface area (Å²) in [5.74, 6) is 4.85. The van der Waals surface area contributed by atoms with E-state index in [1.807, 2.05) is 60.7 Å². The predicted molar refractivity (Wildman–Crippen MR) is 120 cm³/mol. The van der Waals surface area contributed by atoms with E-state index in [1.165, 1.54) is 6.92 Å². The standard InChI is InChI=1S/C22H30N4O4S/c1-17(27)21(16-19-11-6-3-7-12-19)26(24)31(29,30)14-8-13-25-22(28)20(23)15-18-9-4-2-5-10-18/h2-7,9-12,20-21H,8,13-16,23-24H2,1H3,(H,25,28). The van der Waals surface area contributed by atoms with E-state index in [-0.39, 0.29) is 36.8 Å². The number of nitrogens with zero attached hydrogens (tertiary/aromatic N) is 1. The molecular formula is C22H30N4O4S. The number of hydrogen-bond acceptors (Lipinski definition) is 6. The lowest BCUT2D eigenvalue weighted by Gasteiger charge is -2.25. The highest BCUT2D eigenvalue weighted by molar-refractivity contribution is 7.89. The topological polar surface area (TPSA) is 136 Å². The monoisotopic (exact) mass is 446 g/mol. The number of benzene rings is 2. The van der Waals surface area contributed by atoms with Crippen LogP contribution < -0.4 is 16.9 Å². The van der Waals surface area contributed by atoms with Crippen LogP contribution in [-0.4, -0.2) is 48.9 Å². The highest BCUT2D eigenvalue weighted by Gasteiger charge is 2.30. The van der Waals surface area contributed by atoms with Crippen molar-refractivity contribution in [2.24, 2.45) is 11.6 Å². The van der Waals surface area contributed by atoms with Gasteiger partial charge in [0.15, 0.2) is 0 Å². The summed E-state index contributed by atoms with van der Waals surface area (Å²) in [5, 5.41) is 2.65. The first-order valence-corrected chi connectivity index (χ1v) is 11.7. The van der Waals surface area contributed by atoms with Crippen LogP contribution in [-0.2, 0) is 32.5 Å². The molecule has 9 heteroatoms. The molecule has 5 N–H and O–H groups in total. The molecule has 31 heavy (non-hydrogen) atoms. The molecular weight excluding hydrogens is 416 g/mol. The first kappa shape index (κ1) is 24.7. The molecule has 0 fully saturated rings. The number of amides is 1. The number of rotatable bonds is 12. The molecule has 0 aliphatic heterocycles. The second-order valence-electron chi connectivity index (χ2n) is 7.40. The van der Waals surface area contributed by atoms with Gasteiger partial charge in [0.25, 0.3) is 0 Å². The Kier molecular flexibility index (Phi) is 9.32. The van der Waals surface area contributed by atoms with Crippen LogP contribution in [0.2, 0.25) is 0 Å². The molecule has 2 atom stereocenters. The summed E-state index contributed by atoms with van der Waals surface area (Å²) in [6, 6.07) is 16.8. The van der Waals surface area contributed by atoms with Crippen LogP contribution in [0, 0.1) is 0 Å². The third-order valence-electron chi connectivity index (χ3n) is 4.88. The molecule has 0 bridgehead atoms. The van der Waals surface area contributed by atoms with E-state index >= 15 is 0 Å². The lowest BCUT2D eigenvalue weighted by atomic mass is 10.0. The molecule has 0 spiro atoms. The van der Waals surface area contributed by atoms with Gasteiger partial charge in [-0.1, -0.05) is 60.7 Å². The molecule has 2 aromatic rings. The number of nitrogens with one attached hydrogen (secondary N) is 1. The molecule has 8 nitrogen and oxygen atoms in total. The Morgan fingerprint density at radius 2 is 1.48 bits per heavy atom. The van der Waals surface area contributed by atoms with Crippen LogP contribution in [0.1, 0.15) is 24.5 Å². The van der Waals surface area contributed by atoms with Crippen molar-refractivity contribution in [3.05, 3.63) is 71.8 Å². The van der Waals surface area contributed by atoms with E-state index < -0.39 is 22.1 Å². The molecule has 2 unspecified atom stereocenters. The maximum atomic E-state index is 12.6. The van der Waals surface area contributed by atoms with Crippen molar-refractivity contribution in [2.45, 2.75) is 38.3 Å². The van der Waals surface area contributed by atoms with Crippen LogP contribution in [0.5, 0.6) is 0 Å². The van der Waals surface area contributed by atoms with E-state index in [2.05, 4.69) is 5.32 Å². The average molecular weight is 447 g/mol. The molecule has 168 valence electrons. The Hall–Kier alpha value is -2.59. The third kappa shape index (κ3) is 7.87. The fraction of sp³-hybridized carbons (Fsp3) is 0.364. The van der Waals surface area contributed by atoms with Gasteiger partial charge >= 0.3 is 0 Å². The van der Waals surface area contributed by atoms with E-state index in [1.54, 1.807) is 0 Å². The molecule has 0 aliphatic rings. The summed E-state index contributed by atoms with van der Waals surface area (Å²) < 4.78 is 25.8. The van der Waals surface area contributed by atoms with Crippen molar-refractivity contribution in [1.82, 2.24) is 9.73 Å². The summed E-state index contributed by atoms with van der Waals surface area (Å²) in [5.41, 5.74) is 7.67. The lowest BCUT2D eigenvalue weighted by molar-refractivity contribution is -0.122. The molecule has 0 saturated carbocycles. The number of hydrazine groups is 1. The molecule has 0 aliphatic carbocycles. The first-order chi connectivity index (χ1) is 14.7. The second kappa shape index (κ2) is 11.7. The summed E-state index contributed by atoms with van der Waals surface area (Å²) in [7, 11) is -3.88. The van der Waals surface area contributed by atoms with Gasteiger partial charge in [0.1, 0.15) is 11.8 Å². The Labute approximate surface area is 183 Å². The molecule has 0 radical (unpaired) electrons. The van der Waals surface area contributed by atoms with Crippen molar-refractivity contribution in [1.29, 1.82) is 0 Å². The number of sulfonamides is 1. The summed E-state index contributed by atoms with van der Waals surface area (Å²) >= 11 is 0. The average Bonchev–Trinajstić information content (AvgIpc) is 2.75. The van der Waals surface area contributed by atoms with E-state index in [4.69, 9.17) is 11.6 Å². The van der Waals surface area contributed by atoms with Crippen molar-refractivity contribution in [2.75, 3.05) is 12.3 Å². The number of carbonyl (C=O) groups excluding carboxylic acids is 2. The largest absolute Gasteiger partial charge is 0.355 e. The predicted octanol–water partition coefficient (Wildman–Crippen LogP) is 0.769. The van der Waals surface area contributed by atoms with Gasteiger partial charge < -0.3 is 11.1 Å². The number of ketones is 1. The third-order valence-corrected chi connectivity index (χ3v) is 6.58. The number of nitrogens with two attached hydrogens (primary N) is 2. The number of hydrogen-bond donors (Lipinski definition) is 3.